The van der Waals surface area contributed by atoms with Gasteiger partial charge in [-0.1, -0.05) is 18.2 Å². The van der Waals surface area contributed by atoms with Crippen LogP contribution in [0, 0.1) is 0 Å². The first kappa shape index (κ1) is 21.4. The molecule has 0 aliphatic rings. The Morgan fingerprint density at radius 2 is 2.17 bits per heavy atom. The predicted molar refractivity (Wildman–Crippen MR) is 108 cm³/mol. The van der Waals surface area contributed by atoms with E-state index in [2.05, 4.69) is 27.1 Å². The van der Waals surface area contributed by atoms with Crippen LogP contribution in [0.25, 0.3) is 0 Å². The molecule has 2 N–H and O–H groups in total. The van der Waals surface area contributed by atoms with Gasteiger partial charge in [-0.05, 0) is 30.5 Å². The molecule has 0 radical (unpaired) electrons. The van der Waals surface area contributed by atoms with Crippen molar-refractivity contribution in [1.82, 2.24) is 15.5 Å². The normalized spacial score (nSPS) is 10.5. The number of carbonyl (C=O) groups is 1. The molecule has 0 aliphatic heterocycles. The highest BCUT2D eigenvalue weighted by Crippen LogP contribution is 2.05. The number of nitrogens with one attached hydrogen (secondary N) is 2. The van der Waals surface area contributed by atoms with Gasteiger partial charge in [0.1, 0.15) is 0 Å². The van der Waals surface area contributed by atoms with Crippen molar-refractivity contribution in [1.29, 1.82) is 0 Å². The second-order valence-electron chi connectivity index (χ2n) is 5.03. The van der Waals surface area contributed by atoms with E-state index < -0.39 is 0 Å². The largest absolute Gasteiger partial charge is 0.355 e. The number of benzene rings is 1. The van der Waals surface area contributed by atoms with Gasteiger partial charge in [-0.25, -0.2) is 0 Å². The van der Waals surface area contributed by atoms with Crippen LogP contribution < -0.4 is 10.6 Å². The third-order valence-corrected chi connectivity index (χ3v) is 3.34. The number of hydrogen-bond donors (Lipinski definition) is 2. The van der Waals surface area contributed by atoms with Crippen LogP contribution in [0.5, 0.6) is 0 Å². The minimum atomic E-state index is -0.0761. The number of aliphatic imine (C=N–C) groups is 1. The molecule has 0 heterocycles. The molecule has 0 aromatic heterocycles. The van der Waals surface area contributed by atoms with E-state index in [-0.39, 0.29) is 29.9 Å². The van der Waals surface area contributed by atoms with Gasteiger partial charge < -0.3 is 15.5 Å². The second-order valence-corrected chi connectivity index (χ2v) is 5.03. The Hall–Kier alpha value is -1.57. The van der Waals surface area contributed by atoms with Crippen molar-refractivity contribution < 1.29 is 4.79 Å². The summed E-state index contributed by atoms with van der Waals surface area (Å²) < 4.78 is 0. The molecular formula is C17H27IN4O. The summed E-state index contributed by atoms with van der Waals surface area (Å²) in [7, 11) is 5.42. The van der Waals surface area contributed by atoms with E-state index in [4.69, 9.17) is 0 Å². The Balaban J connectivity index is 0.00000484. The van der Waals surface area contributed by atoms with Crippen molar-refractivity contribution >= 4 is 35.8 Å². The molecule has 0 aliphatic carbocycles. The van der Waals surface area contributed by atoms with E-state index in [1.54, 1.807) is 20.2 Å². The first-order valence-corrected chi connectivity index (χ1v) is 7.46. The summed E-state index contributed by atoms with van der Waals surface area (Å²) in [5.74, 6) is 0.766. The maximum absolute atomic E-state index is 11.6. The maximum atomic E-state index is 11.6. The molecule has 1 aromatic carbocycles. The van der Waals surface area contributed by atoms with E-state index in [0.717, 1.165) is 30.9 Å². The standard InChI is InChI=1S/C17H26N4O.HI/c1-5-6-7-11-21(4)17(19-3)20-13-14-9-8-10-15(12-14)16(22)18-2;/h5,8-10,12H,1,6-7,11,13H2,2-4H3,(H,18,22)(H,19,20);1H. The number of unbranched alkanes of at least 4 members (excludes halogenated alkanes) is 1. The second kappa shape index (κ2) is 11.9. The van der Waals surface area contributed by atoms with Crippen molar-refractivity contribution in [2.75, 3.05) is 27.7 Å². The average molecular weight is 430 g/mol. The van der Waals surface area contributed by atoms with Gasteiger partial charge in [0.2, 0.25) is 0 Å². The highest BCUT2D eigenvalue weighted by molar-refractivity contribution is 14.0. The number of hydrogen-bond acceptors (Lipinski definition) is 2. The summed E-state index contributed by atoms with van der Waals surface area (Å²) in [4.78, 5) is 18.0. The minimum Gasteiger partial charge on any atom is -0.355 e. The fourth-order valence-corrected chi connectivity index (χ4v) is 2.11. The lowest BCUT2D eigenvalue weighted by molar-refractivity contribution is 0.0963. The Bertz CT molecular complexity index is 531. The Labute approximate surface area is 156 Å². The molecule has 0 saturated carbocycles. The van der Waals surface area contributed by atoms with Crippen LogP contribution in [0.1, 0.15) is 28.8 Å². The van der Waals surface area contributed by atoms with Gasteiger partial charge in [0.05, 0.1) is 0 Å². The van der Waals surface area contributed by atoms with Crippen LogP contribution in [0.4, 0.5) is 0 Å². The van der Waals surface area contributed by atoms with E-state index in [0.29, 0.717) is 12.1 Å². The van der Waals surface area contributed by atoms with Crippen molar-refractivity contribution in [3.63, 3.8) is 0 Å². The van der Waals surface area contributed by atoms with Crippen LogP contribution in [-0.4, -0.2) is 44.5 Å². The Kier molecular flexibility index (Phi) is 11.1. The van der Waals surface area contributed by atoms with E-state index in [1.165, 1.54) is 0 Å². The summed E-state index contributed by atoms with van der Waals surface area (Å²) >= 11 is 0. The van der Waals surface area contributed by atoms with Gasteiger partial charge >= 0.3 is 0 Å². The summed E-state index contributed by atoms with van der Waals surface area (Å²) in [6.45, 7) is 5.28. The number of halogens is 1. The van der Waals surface area contributed by atoms with Crippen LogP contribution in [-0.2, 0) is 6.54 Å². The lowest BCUT2D eigenvalue weighted by atomic mass is 10.1. The SMILES string of the molecule is C=CCCCN(C)C(=NC)NCc1cccc(C(=O)NC)c1.I. The van der Waals surface area contributed by atoms with E-state index in [9.17, 15) is 4.79 Å². The summed E-state index contributed by atoms with van der Waals surface area (Å²) in [6, 6.07) is 7.57. The van der Waals surface area contributed by atoms with Crippen LogP contribution in [0.3, 0.4) is 0 Å². The zero-order valence-corrected chi connectivity index (χ0v) is 16.5. The van der Waals surface area contributed by atoms with Gasteiger partial charge in [-0.2, -0.15) is 0 Å². The minimum absolute atomic E-state index is 0. The quantitative estimate of drug-likeness (QED) is 0.230. The van der Waals surface area contributed by atoms with Gasteiger partial charge in [0.25, 0.3) is 5.91 Å². The smallest absolute Gasteiger partial charge is 0.251 e. The molecule has 0 bridgehead atoms. The summed E-state index contributed by atoms with van der Waals surface area (Å²) in [5, 5.41) is 5.95. The average Bonchev–Trinajstić information content (AvgIpc) is 2.55. The first-order valence-electron chi connectivity index (χ1n) is 7.46. The van der Waals surface area contributed by atoms with Crippen molar-refractivity contribution in [2.24, 2.45) is 4.99 Å². The Morgan fingerprint density at radius 1 is 1.43 bits per heavy atom. The van der Waals surface area contributed by atoms with Crippen molar-refractivity contribution in [2.45, 2.75) is 19.4 Å². The Morgan fingerprint density at radius 3 is 2.78 bits per heavy atom. The van der Waals surface area contributed by atoms with Crippen molar-refractivity contribution in [3.8, 4) is 0 Å². The van der Waals surface area contributed by atoms with Crippen molar-refractivity contribution in [3.05, 3.63) is 48.0 Å². The molecule has 0 fully saturated rings. The van der Waals surface area contributed by atoms with Crippen LogP contribution in [0.2, 0.25) is 0 Å². The van der Waals surface area contributed by atoms with Crippen LogP contribution >= 0.6 is 24.0 Å². The zero-order chi connectivity index (χ0) is 16.4. The number of carbonyl (C=O) groups excluding carboxylic acids is 1. The molecule has 1 aromatic rings. The highest BCUT2D eigenvalue weighted by atomic mass is 127. The van der Waals surface area contributed by atoms with Gasteiger partial charge in [0, 0.05) is 39.8 Å². The lowest BCUT2D eigenvalue weighted by Gasteiger charge is -2.22. The molecule has 1 amide bonds. The predicted octanol–water partition coefficient (Wildman–Crippen LogP) is 2.64. The number of nitrogens with zero attached hydrogens (tertiary/aromatic N) is 2. The van der Waals surface area contributed by atoms with Gasteiger partial charge in [0.15, 0.2) is 5.96 Å². The molecule has 0 saturated heterocycles. The van der Waals surface area contributed by atoms with Gasteiger partial charge in [-0.3, -0.25) is 9.79 Å². The molecule has 0 unspecified atom stereocenters. The molecule has 1 rings (SSSR count). The number of allylic oxidation sites excluding steroid dienone is 1. The topological polar surface area (TPSA) is 56.7 Å². The van der Waals surface area contributed by atoms with E-state index in [1.807, 2.05) is 31.3 Å². The fourth-order valence-electron chi connectivity index (χ4n) is 2.11. The third kappa shape index (κ3) is 7.49. The summed E-state index contributed by atoms with van der Waals surface area (Å²) in [5.41, 5.74) is 1.71. The molecule has 5 nitrogen and oxygen atoms in total. The van der Waals surface area contributed by atoms with Gasteiger partial charge in [-0.15, -0.1) is 30.6 Å². The zero-order valence-electron chi connectivity index (χ0n) is 14.1. The first-order chi connectivity index (χ1) is 10.6. The molecule has 6 heteroatoms. The highest BCUT2D eigenvalue weighted by Gasteiger charge is 2.07. The summed E-state index contributed by atoms with van der Waals surface area (Å²) in [6.07, 6.45) is 3.97. The molecule has 23 heavy (non-hydrogen) atoms. The maximum Gasteiger partial charge on any atom is 0.251 e. The molecule has 0 atom stereocenters. The number of rotatable bonds is 7. The third-order valence-electron chi connectivity index (χ3n) is 3.34. The van der Waals surface area contributed by atoms with E-state index >= 15 is 0 Å². The number of guanidine groups is 1. The number of amides is 1. The molecule has 128 valence electrons. The molecular weight excluding hydrogens is 403 g/mol. The lowest BCUT2D eigenvalue weighted by Crippen LogP contribution is -2.39. The van der Waals surface area contributed by atoms with Crippen LogP contribution in [0.15, 0.2) is 41.9 Å². The molecule has 0 spiro atoms. The monoisotopic (exact) mass is 430 g/mol. The fraction of sp³-hybridized carbons (Fsp3) is 0.412.